The van der Waals surface area contributed by atoms with E-state index in [-0.39, 0.29) is 12.6 Å². The van der Waals surface area contributed by atoms with Gasteiger partial charge in [0.1, 0.15) is 0 Å². The van der Waals surface area contributed by atoms with Crippen LogP contribution in [0.2, 0.25) is 0 Å². The number of rotatable bonds is 4. The van der Waals surface area contributed by atoms with Crippen molar-refractivity contribution in [2.75, 3.05) is 11.9 Å². The van der Waals surface area contributed by atoms with Crippen molar-refractivity contribution in [2.45, 2.75) is 13.0 Å². The fourth-order valence-electron chi connectivity index (χ4n) is 0.812. The Morgan fingerprint density at radius 2 is 2.23 bits per heavy atom. The summed E-state index contributed by atoms with van der Waals surface area (Å²) in [6.45, 7) is 5.47. The van der Waals surface area contributed by atoms with Gasteiger partial charge in [-0.3, -0.25) is 0 Å². The van der Waals surface area contributed by atoms with Crippen LogP contribution in [0.25, 0.3) is 0 Å². The summed E-state index contributed by atoms with van der Waals surface area (Å²) in [4.78, 5) is 8.07. The van der Waals surface area contributed by atoms with Crippen molar-refractivity contribution in [2.24, 2.45) is 0 Å². The van der Waals surface area contributed by atoms with Crippen LogP contribution < -0.4 is 5.32 Å². The molecular weight excluding hydrogens is 166 g/mol. The van der Waals surface area contributed by atoms with Gasteiger partial charge in [0.15, 0.2) is 0 Å². The number of nitrogens with zero attached hydrogens (tertiary/aromatic N) is 2. The van der Waals surface area contributed by atoms with E-state index in [0.29, 0.717) is 5.95 Å². The van der Waals surface area contributed by atoms with Crippen molar-refractivity contribution in [3.05, 3.63) is 30.6 Å². The minimum absolute atomic E-state index is 0.0132. The summed E-state index contributed by atoms with van der Waals surface area (Å²) < 4.78 is 0. The van der Waals surface area contributed by atoms with Gasteiger partial charge in [-0.25, -0.2) is 9.97 Å². The fourth-order valence-corrected chi connectivity index (χ4v) is 0.812. The van der Waals surface area contributed by atoms with Crippen molar-refractivity contribution >= 4 is 5.95 Å². The van der Waals surface area contributed by atoms with Crippen LogP contribution in [-0.4, -0.2) is 27.7 Å². The first-order chi connectivity index (χ1) is 6.26. The number of hydrogen-bond donors (Lipinski definition) is 2. The number of aromatic nitrogens is 2. The Kier molecular flexibility index (Phi) is 3.40. The van der Waals surface area contributed by atoms with Gasteiger partial charge in [-0.1, -0.05) is 6.08 Å². The molecule has 1 atom stereocenters. The highest BCUT2D eigenvalue weighted by molar-refractivity contribution is 5.27. The molecule has 0 spiro atoms. The molecule has 2 N–H and O–H groups in total. The van der Waals surface area contributed by atoms with E-state index in [1.165, 1.54) is 0 Å². The average molecular weight is 179 g/mol. The predicted molar refractivity (Wildman–Crippen MR) is 51.5 cm³/mol. The molecule has 0 radical (unpaired) electrons. The lowest BCUT2D eigenvalue weighted by atomic mass is 10.3. The summed E-state index contributed by atoms with van der Waals surface area (Å²) in [5.74, 6) is 0.504. The van der Waals surface area contributed by atoms with Gasteiger partial charge in [0, 0.05) is 12.4 Å². The molecule has 0 amide bonds. The third-order valence-corrected chi connectivity index (χ3v) is 1.58. The van der Waals surface area contributed by atoms with E-state index in [1.54, 1.807) is 18.5 Å². The van der Waals surface area contributed by atoms with Crippen LogP contribution in [-0.2, 0) is 0 Å². The van der Waals surface area contributed by atoms with Crippen molar-refractivity contribution in [1.29, 1.82) is 0 Å². The fraction of sp³-hybridized carbons (Fsp3) is 0.333. The van der Waals surface area contributed by atoms with Gasteiger partial charge in [-0.05, 0) is 12.5 Å². The molecule has 1 unspecified atom stereocenters. The Bertz CT molecular complexity index is 271. The van der Waals surface area contributed by atoms with Crippen LogP contribution in [0.5, 0.6) is 0 Å². The summed E-state index contributed by atoms with van der Waals surface area (Å²) in [5.41, 5.74) is 1.00. The minimum atomic E-state index is -0.192. The molecule has 0 aliphatic carbocycles. The zero-order valence-corrected chi connectivity index (χ0v) is 7.57. The second kappa shape index (κ2) is 4.57. The zero-order valence-electron chi connectivity index (χ0n) is 7.57. The molecule has 70 valence electrons. The number of aliphatic hydroxyl groups is 1. The molecule has 0 fully saturated rings. The molecule has 0 saturated heterocycles. The number of anilines is 1. The highest BCUT2D eigenvalue weighted by Gasteiger charge is 2.02. The van der Waals surface area contributed by atoms with Crippen LogP contribution in [0.4, 0.5) is 5.95 Å². The molecule has 4 heteroatoms. The SMILES string of the molecule is C=CC(CO)Nc1ncc(C)cn1. The number of aryl methyl sites for hydroxylation is 1. The molecule has 0 saturated carbocycles. The van der Waals surface area contributed by atoms with Crippen LogP contribution in [0.3, 0.4) is 0 Å². The Labute approximate surface area is 77.3 Å². The predicted octanol–water partition coefficient (Wildman–Crippen LogP) is 0.744. The molecule has 1 aromatic rings. The summed E-state index contributed by atoms with van der Waals surface area (Å²) in [7, 11) is 0. The highest BCUT2D eigenvalue weighted by Crippen LogP contribution is 2.00. The lowest BCUT2D eigenvalue weighted by Crippen LogP contribution is -2.22. The highest BCUT2D eigenvalue weighted by atomic mass is 16.3. The molecular formula is C9H13N3O. The second-order valence-corrected chi connectivity index (χ2v) is 2.75. The van der Waals surface area contributed by atoms with E-state index >= 15 is 0 Å². The van der Waals surface area contributed by atoms with Gasteiger partial charge in [0.05, 0.1) is 12.6 Å². The quantitative estimate of drug-likeness (QED) is 0.669. The van der Waals surface area contributed by atoms with E-state index in [2.05, 4.69) is 21.9 Å². The molecule has 0 aromatic carbocycles. The lowest BCUT2D eigenvalue weighted by Gasteiger charge is -2.10. The van der Waals surface area contributed by atoms with E-state index in [4.69, 9.17) is 5.11 Å². The van der Waals surface area contributed by atoms with E-state index in [1.807, 2.05) is 6.92 Å². The monoisotopic (exact) mass is 179 g/mol. The largest absolute Gasteiger partial charge is 0.394 e. The van der Waals surface area contributed by atoms with Gasteiger partial charge in [-0.15, -0.1) is 6.58 Å². The van der Waals surface area contributed by atoms with E-state index < -0.39 is 0 Å². The number of hydrogen-bond acceptors (Lipinski definition) is 4. The van der Waals surface area contributed by atoms with Crippen LogP contribution in [0.15, 0.2) is 25.0 Å². The summed E-state index contributed by atoms with van der Waals surface area (Å²) in [6, 6.07) is -0.192. The van der Waals surface area contributed by atoms with Gasteiger partial charge in [0.2, 0.25) is 5.95 Å². The Hall–Kier alpha value is -1.42. The standard InChI is InChI=1S/C9H13N3O/c1-3-8(6-13)12-9-10-4-7(2)5-11-9/h3-5,8,13H,1,6H2,2H3,(H,10,11,12). The molecule has 13 heavy (non-hydrogen) atoms. The third-order valence-electron chi connectivity index (χ3n) is 1.58. The molecule has 1 heterocycles. The van der Waals surface area contributed by atoms with Crippen LogP contribution in [0, 0.1) is 6.92 Å². The first kappa shape index (κ1) is 9.67. The zero-order chi connectivity index (χ0) is 9.68. The normalized spacial score (nSPS) is 12.2. The maximum atomic E-state index is 8.85. The molecule has 0 aliphatic heterocycles. The Balaban J connectivity index is 2.63. The van der Waals surface area contributed by atoms with Crippen molar-refractivity contribution in [3.63, 3.8) is 0 Å². The summed E-state index contributed by atoms with van der Waals surface area (Å²) >= 11 is 0. The first-order valence-electron chi connectivity index (χ1n) is 4.05. The van der Waals surface area contributed by atoms with Crippen LogP contribution in [0.1, 0.15) is 5.56 Å². The smallest absolute Gasteiger partial charge is 0.223 e. The molecule has 1 rings (SSSR count). The van der Waals surface area contributed by atoms with Gasteiger partial charge >= 0.3 is 0 Å². The lowest BCUT2D eigenvalue weighted by molar-refractivity contribution is 0.290. The van der Waals surface area contributed by atoms with Gasteiger partial charge in [-0.2, -0.15) is 0 Å². The van der Waals surface area contributed by atoms with Crippen molar-refractivity contribution in [3.8, 4) is 0 Å². The molecule has 4 nitrogen and oxygen atoms in total. The first-order valence-corrected chi connectivity index (χ1v) is 4.05. The second-order valence-electron chi connectivity index (χ2n) is 2.75. The maximum Gasteiger partial charge on any atom is 0.223 e. The maximum absolute atomic E-state index is 8.85. The third kappa shape index (κ3) is 2.83. The minimum Gasteiger partial charge on any atom is -0.394 e. The summed E-state index contributed by atoms with van der Waals surface area (Å²) in [6.07, 6.45) is 5.04. The van der Waals surface area contributed by atoms with Crippen LogP contribution >= 0.6 is 0 Å². The van der Waals surface area contributed by atoms with Crippen molar-refractivity contribution < 1.29 is 5.11 Å². The molecule has 1 aromatic heterocycles. The van der Waals surface area contributed by atoms with E-state index in [9.17, 15) is 0 Å². The molecule has 0 aliphatic rings. The topological polar surface area (TPSA) is 58.0 Å². The Morgan fingerprint density at radius 1 is 1.62 bits per heavy atom. The number of aliphatic hydroxyl groups excluding tert-OH is 1. The Morgan fingerprint density at radius 3 is 2.69 bits per heavy atom. The van der Waals surface area contributed by atoms with Gasteiger partial charge < -0.3 is 10.4 Å². The van der Waals surface area contributed by atoms with Crippen molar-refractivity contribution in [1.82, 2.24) is 9.97 Å². The van der Waals surface area contributed by atoms with E-state index in [0.717, 1.165) is 5.56 Å². The molecule has 0 bridgehead atoms. The average Bonchev–Trinajstić information content (AvgIpc) is 2.17. The van der Waals surface area contributed by atoms with Gasteiger partial charge in [0.25, 0.3) is 0 Å². The number of nitrogens with one attached hydrogen (secondary N) is 1. The summed E-state index contributed by atoms with van der Waals surface area (Å²) in [5, 5.41) is 11.8.